The highest BCUT2D eigenvalue weighted by atomic mass is 32.1. The average Bonchev–Trinajstić information content (AvgIpc) is 2.51. The van der Waals surface area contributed by atoms with Crippen molar-refractivity contribution in [2.24, 2.45) is 0 Å². The zero-order chi connectivity index (χ0) is 11.7. The van der Waals surface area contributed by atoms with E-state index in [1.807, 2.05) is 7.05 Å². The number of nitrogens with zero attached hydrogens (tertiary/aromatic N) is 1. The van der Waals surface area contributed by atoms with Gasteiger partial charge in [0.2, 0.25) is 0 Å². The summed E-state index contributed by atoms with van der Waals surface area (Å²) in [5, 5.41) is 6.71. The summed E-state index contributed by atoms with van der Waals surface area (Å²) >= 11 is 1.77. The lowest BCUT2D eigenvalue weighted by atomic mass is 9.93. The molecule has 86 valence electrons. The number of hydrogen-bond donors (Lipinski definition) is 1. The fraction of sp³-hybridized carbons (Fsp3) is 0.750. The molecule has 2 nitrogen and oxygen atoms in total. The van der Waals surface area contributed by atoms with Gasteiger partial charge >= 0.3 is 0 Å². The third-order valence-electron chi connectivity index (χ3n) is 2.59. The highest BCUT2D eigenvalue weighted by Gasteiger charge is 2.21. The molecule has 0 aliphatic heterocycles. The first-order valence-corrected chi connectivity index (χ1v) is 6.26. The number of thiazole rings is 1. The van der Waals surface area contributed by atoms with Crippen molar-refractivity contribution >= 4 is 11.3 Å². The number of likely N-dealkylation sites (N-methyl/N-ethyl adjacent to an activating group) is 1. The van der Waals surface area contributed by atoms with Gasteiger partial charge in [-0.2, -0.15) is 0 Å². The Morgan fingerprint density at radius 3 is 2.27 bits per heavy atom. The van der Waals surface area contributed by atoms with Crippen LogP contribution >= 0.6 is 11.3 Å². The SMILES string of the molecule is CNC(C)(C)Cc1nc(C(C)(C)C)cs1. The van der Waals surface area contributed by atoms with Gasteiger partial charge in [0.1, 0.15) is 0 Å². The van der Waals surface area contributed by atoms with Crippen LogP contribution in [-0.4, -0.2) is 17.6 Å². The maximum atomic E-state index is 4.69. The summed E-state index contributed by atoms with van der Waals surface area (Å²) in [4.78, 5) is 4.69. The second kappa shape index (κ2) is 4.22. The lowest BCUT2D eigenvalue weighted by Gasteiger charge is -2.22. The minimum absolute atomic E-state index is 0.132. The van der Waals surface area contributed by atoms with Crippen LogP contribution in [-0.2, 0) is 11.8 Å². The van der Waals surface area contributed by atoms with E-state index in [1.165, 1.54) is 10.7 Å². The summed E-state index contributed by atoms with van der Waals surface area (Å²) in [7, 11) is 2.00. The van der Waals surface area contributed by atoms with Crippen LogP contribution in [0.1, 0.15) is 45.3 Å². The number of hydrogen-bond acceptors (Lipinski definition) is 3. The van der Waals surface area contributed by atoms with Gasteiger partial charge in [-0.25, -0.2) is 4.98 Å². The molecule has 0 fully saturated rings. The highest BCUT2D eigenvalue weighted by Crippen LogP contribution is 2.25. The summed E-state index contributed by atoms with van der Waals surface area (Å²) in [5.74, 6) is 0. The van der Waals surface area contributed by atoms with Gasteiger partial charge in [0.05, 0.1) is 10.7 Å². The van der Waals surface area contributed by atoms with E-state index in [0.29, 0.717) is 0 Å². The van der Waals surface area contributed by atoms with Gasteiger partial charge in [-0.1, -0.05) is 20.8 Å². The van der Waals surface area contributed by atoms with Gasteiger partial charge in [0.15, 0.2) is 0 Å². The molecule has 0 bridgehead atoms. The first kappa shape index (κ1) is 12.7. The van der Waals surface area contributed by atoms with Gasteiger partial charge in [0.25, 0.3) is 0 Å². The molecule has 1 N–H and O–H groups in total. The van der Waals surface area contributed by atoms with Gasteiger partial charge in [0, 0.05) is 22.8 Å². The third-order valence-corrected chi connectivity index (χ3v) is 3.44. The van der Waals surface area contributed by atoms with Crippen molar-refractivity contribution in [2.75, 3.05) is 7.05 Å². The van der Waals surface area contributed by atoms with Crippen LogP contribution in [0, 0.1) is 0 Å². The van der Waals surface area contributed by atoms with Gasteiger partial charge in [-0.3, -0.25) is 0 Å². The van der Waals surface area contributed by atoms with E-state index in [-0.39, 0.29) is 11.0 Å². The topological polar surface area (TPSA) is 24.9 Å². The van der Waals surface area contributed by atoms with Gasteiger partial charge in [-0.15, -0.1) is 11.3 Å². The summed E-state index contributed by atoms with van der Waals surface area (Å²) in [6, 6.07) is 0. The molecule has 0 aliphatic carbocycles. The van der Waals surface area contributed by atoms with E-state index in [1.54, 1.807) is 11.3 Å². The first-order valence-electron chi connectivity index (χ1n) is 5.38. The Kier molecular flexibility index (Phi) is 3.56. The van der Waals surface area contributed by atoms with Crippen LogP contribution in [0.4, 0.5) is 0 Å². The quantitative estimate of drug-likeness (QED) is 0.857. The van der Waals surface area contributed by atoms with Crippen molar-refractivity contribution in [1.82, 2.24) is 10.3 Å². The molecular formula is C12H22N2S. The number of nitrogens with one attached hydrogen (secondary N) is 1. The van der Waals surface area contributed by atoms with Crippen molar-refractivity contribution in [3.05, 3.63) is 16.1 Å². The molecule has 0 aliphatic rings. The fourth-order valence-corrected chi connectivity index (χ4v) is 2.45. The van der Waals surface area contributed by atoms with E-state index in [2.05, 4.69) is 45.3 Å². The molecule has 0 amide bonds. The molecule has 1 rings (SSSR count). The maximum absolute atomic E-state index is 4.69. The summed E-state index contributed by atoms with van der Waals surface area (Å²) < 4.78 is 0. The van der Waals surface area contributed by atoms with Crippen LogP contribution in [0.3, 0.4) is 0 Å². The monoisotopic (exact) mass is 226 g/mol. The van der Waals surface area contributed by atoms with Crippen LogP contribution in [0.5, 0.6) is 0 Å². The normalized spacial score (nSPS) is 13.2. The lowest BCUT2D eigenvalue weighted by molar-refractivity contribution is 0.420. The van der Waals surface area contributed by atoms with Crippen LogP contribution in [0.25, 0.3) is 0 Å². The van der Waals surface area contributed by atoms with Crippen molar-refractivity contribution in [3.63, 3.8) is 0 Å². The second-order valence-electron chi connectivity index (χ2n) is 5.69. The Balaban J connectivity index is 2.78. The van der Waals surface area contributed by atoms with Crippen molar-refractivity contribution in [2.45, 2.75) is 52.0 Å². The van der Waals surface area contributed by atoms with E-state index < -0.39 is 0 Å². The van der Waals surface area contributed by atoms with E-state index >= 15 is 0 Å². The number of rotatable bonds is 3. The Bertz CT molecular complexity index is 321. The van der Waals surface area contributed by atoms with Gasteiger partial charge < -0.3 is 5.32 Å². The largest absolute Gasteiger partial charge is 0.314 e. The minimum atomic E-state index is 0.132. The summed E-state index contributed by atoms with van der Waals surface area (Å²) in [6.45, 7) is 11.0. The van der Waals surface area contributed by atoms with Gasteiger partial charge in [-0.05, 0) is 20.9 Å². The highest BCUT2D eigenvalue weighted by molar-refractivity contribution is 7.09. The molecule has 1 aromatic rings. The zero-order valence-corrected chi connectivity index (χ0v) is 11.5. The lowest BCUT2D eigenvalue weighted by Crippen LogP contribution is -2.38. The van der Waals surface area contributed by atoms with E-state index in [4.69, 9.17) is 4.98 Å². The summed E-state index contributed by atoms with van der Waals surface area (Å²) in [6.07, 6.45) is 0.990. The number of aromatic nitrogens is 1. The van der Waals surface area contributed by atoms with Crippen molar-refractivity contribution in [1.29, 1.82) is 0 Å². The Hall–Kier alpha value is -0.410. The smallest absolute Gasteiger partial charge is 0.0946 e. The molecule has 1 aromatic heterocycles. The molecule has 1 heterocycles. The Labute approximate surface area is 97.1 Å². The second-order valence-corrected chi connectivity index (χ2v) is 6.63. The molecule has 0 saturated carbocycles. The van der Waals surface area contributed by atoms with Crippen molar-refractivity contribution in [3.8, 4) is 0 Å². The minimum Gasteiger partial charge on any atom is -0.314 e. The van der Waals surface area contributed by atoms with Crippen LogP contribution in [0.15, 0.2) is 5.38 Å². The standard InChI is InChI=1S/C12H22N2S/c1-11(2,3)9-8-15-10(14-9)7-12(4,5)13-6/h8,13H,7H2,1-6H3. The van der Waals surface area contributed by atoms with Crippen LogP contribution in [0.2, 0.25) is 0 Å². The maximum Gasteiger partial charge on any atom is 0.0946 e. The fourth-order valence-electron chi connectivity index (χ4n) is 1.20. The molecule has 3 heteroatoms. The van der Waals surface area contributed by atoms with E-state index in [0.717, 1.165) is 6.42 Å². The predicted octanol–water partition coefficient (Wildman–Crippen LogP) is 2.98. The predicted molar refractivity (Wildman–Crippen MR) is 67.7 cm³/mol. The molecule has 0 radical (unpaired) electrons. The van der Waals surface area contributed by atoms with Crippen molar-refractivity contribution < 1.29 is 0 Å². The molecule has 0 unspecified atom stereocenters. The molecule has 0 aromatic carbocycles. The third kappa shape index (κ3) is 3.58. The molecular weight excluding hydrogens is 204 g/mol. The summed E-state index contributed by atoms with van der Waals surface area (Å²) in [5.41, 5.74) is 1.50. The average molecular weight is 226 g/mol. The molecule has 0 spiro atoms. The zero-order valence-electron chi connectivity index (χ0n) is 10.6. The van der Waals surface area contributed by atoms with E-state index in [9.17, 15) is 0 Å². The molecule has 15 heavy (non-hydrogen) atoms. The molecule has 0 saturated heterocycles. The van der Waals surface area contributed by atoms with Crippen LogP contribution < -0.4 is 5.32 Å². The Morgan fingerprint density at radius 2 is 1.87 bits per heavy atom. The first-order chi connectivity index (χ1) is 6.74. The Morgan fingerprint density at radius 1 is 1.27 bits per heavy atom. The molecule has 0 atom stereocenters.